The van der Waals surface area contributed by atoms with Crippen LogP contribution in [0.5, 0.6) is 5.75 Å². The van der Waals surface area contributed by atoms with Crippen LogP contribution in [0.4, 0.5) is 11.4 Å². The SMILES string of the molecule is CCCOc1cc(N(C)C2CCS(=O)(=O)C2)ccc1N. The van der Waals surface area contributed by atoms with Crippen LogP contribution in [-0.2, 0) is 9.84 Å². The van der Waals surface area contributed by atoms with Crippen molar-refractivity contribution in [1.29, 1.82) is 0 Å². The van der Waals surface area contributed by atoms with Crippen molar-refractivity contribution in [1.82, 2.24) is 0 Å². The minimum Gasteiger partial charge on any atom is -0.491 e. The first-order valence-electron chi connectivity index (χ1n) is 6.88. The highest BCUT2D eigenvalue weighted by atomic mass is 32.2. The maximum absolute atomic E-state index is 11.6. The summed E-state index contributed by atoms with van der Waals surface area (Å²) in [6.07, 6.45) is 1.59. The van der Waals surface area contributed by atoms with E-state index in [1.165, 1.54) is 0 Å². The molecule has 1 fully saturated rings. The van der Waals surface area contributed by atoms with Crippen LogP contribution in [0, 0.1) is 0 Å². The molecule has 1 aromatic carbocycles. The van der Waals surface area contributed by atoms with Crippen LogP contribution in [-0.4, -0.2) is 39.6 Å². The van der Waals surface area contributed by atoms with Crippen LogP contribution in [0.1, 0.15) is 19.8 Å². The van der Waals surface area contributed by atoms with Crippen LogP contribution in [0.15, 0.2) is 18.2 Å². The number of nitrogens with two attached hydrogens (primary N) is 1. The van der Waals surface area contributed by atoms with E-state index in [0.717, 1.165) is 12.1 Å². The fourth-order valence-corrected chi connectivity index (χ4v) is 4.15. The molecule has 1 aromatic rings. The van der Waals surface area contributed by atoms with Crippen molar-refractivity contribution in [3.8, 4) is 5.75 Å². The van der Waals surface area contributed by atoms with Crippen molar-refractivity contribution in [2.75, 3.05) is 35.8 Å². The molecule has 20 heavy (non-hydrogen) atoms. The summed E-state index contributed by atoms with van der Waals surface area (Å²) in [5.74, 6) is 1.16. The normalized spacial score (nSPS) is 20.8. The van der Waals surface area contributed by atoms with E-state index < -0.39 is 9.84 Å². The van der Waals surface area contributed by atoms with Crippen LogP contribution >= 0.6 is 0 Å². The molecule has 1 atom stereocenters. The minimum atomic E-state index is -2.88. The van der Waals surface area contributed by atoms with Crippen molar-refractivity contribution >= 4 is 21.2 Å². The lowest BCUT2D eigenvalue weighted by atomic mass is 10.2. The lowest BCUT2D eigenvalue weighted by Crippen LogP contribution is -2.32. The van der Waals surface area contributed by atoms with Gasteiger partial charge in [-0.15, -0.1) is 0 Å². The van der Waals surface area contributed by atoms with Crippen LogP contribution < -0.4 is 15.4 Å². The molecule has 6 heteroatoms. The third kappa shape index (κ3) is 3.36. The van der Waals surface area contributed by atoms with Crippen molar-refractivity contribution in [2.24, 2.45) is 0 Å². The van der Waals surface area contributed by atoms with E-state index >= 15 is 0 Å². The topological polar surface area (TPSA) is 72.6 Å². The number of nitrogen functional groups attached to an aromatic ring is 1. The van der Waals surface area contributed by atoms with Crippen molar-refractivity contribution in [2.45, 2.75) is 25.8 Å². The number of anilines is 2. The number of hydrogen-bond donors (Lipinski definition) is 1. The van der Waals surface area contributed by atoms with E-state index in [0.29, 0.717) is 24.5 Å². The van der Waals surface area contributed by atoms with Gasteiger partial charge < -0.3 is 15.4 Å². The largest absolute Gasteiger partial charge is 0.491 e. The number of ether oxygens (including phenoxy) is 1. The first-order valence-corrected chi connectivity index (χ1v) is 8.70. The molecule has 1 saturated heterocycles. The predicted molar refractivity (Wildman–Crippen MR) is 82.1 cm³/mol. The minimum absolute atomic E-state index is 0.0302. The van der Waals surface area contributed by atoms with Crippen molar-refractivity contribution in [3.63, 3.8) is 0 Å². The van der Waals surface area contributed by atoms with Gasteiger partial charge in [-0.25, -0.2) is 8.42 Å². The van der Waals surface area contributed by atoms with Gasteiger partial charge in [0.15, 0.2) is 9.84 Å². The lowest BCUT2D eigenvalue weighted by Gasteiger charge is -2.26. The number of rotatable bonds is 5. The molecular weight excluding hydrogens is 276 g/mol. The second-order valence-electron chi connectivity index (χ2n) is 5.24. The van der Waals surface area contributed by atoms with E-state index in [4.69, 9.17) is 10.5 Å². The molecule has 0 bridgehead atoms. The molecule has 0 saturated carbocycles. The number of hydrogen-bond acceptors (Lipinski definition) is 5. The van der Waals surface area contributed by atoms with Crippen molar-refractivity contribution in [3.05, 3.63) is 18.2 Å². The second-order valence-corrected chi connectivity index (χ2v) is 7.47. The Bertz CT molecular complexity index is 572. The van der Waals surface area contributed by atoms with Crippen molar-refractivity contribution < 1.29 is 13.2 Å². The zero-order valence-corrected chi connectivity index (χ0v) is 12.8. The zero-order chi connectivity index (χ0) is 14.8. The van der Waals surface area contributed by atoms with Crippen LogP contribution in [0.25, 0.3) is 0 Å². The number of nitrogens with zero attached hydrogens (tertiary/aromatic N) is 1. The highest BCUT2D eigenvalue weighted by molar-refractivity contribution is 7.91. The molecule has 0 amide bonds. The molecule has 2 rings (SSSR count). The van der Waals surface area contributed by atoms with Gasteiger partial charge in [-0.3, -0.25) is 0 Å². The van der Waals surface area contributed by atoms with E-state index in [2.05, 4.69) is 0 Å². The molecule has 0 aromatic heterocycles. The molecule has 1 aliphatic rings. The van der Waals surface area contributed by atoms with Gasteiger partial charge in [0.1, 0.15) is 5.75 Å². The fraction of sp³-hybridized carbons (Fsp3) is 0.571. The smallest absolute Gasteiger partial charge is 0.152 e. The van der Waals surface area contributed by atoms with Gasteiger partial charge in [0.2, 0.25) is 0 Å². The standard InChI is InChI=1S/C14H22N2O3S/c1-3-7-19-14-9-11(4-5-13(14)15)16(2)12-6-8-20(17,18)10-12/h4-5,9,12H,3,6-8,10,15H2,1-2H3. The number of sulfone groups is 1. The summed E-state index contributed by atoms with van der Waals surface area (Å²) in [5.41, 5.74) is 7.43. The Morgan fingerprint density at radius 3 is 2.80 bits per heavy atom. The average molecular weight is 298 g/mol. The molecule has 1 unspecified atom stereocenters. The molecule has 0 spiro atoms. The summed E-state index contributed by atoms with van der Waals surface area (Å²) >= 11 is 0. The highest BCUT2D eigenvalue weighted by Crippen LogP contribution is 2.30. The van der Waals surface area contributed by atoms with Crippen LogP contribution in [0.2, 0.25) is 0 Å². The third-order valence-corrected chi connectivity index (χ3v) is 5.37. The Morgan fingerprint density at radius 2 is 2.20 bits per heavy atom. The summed E-state index contributed by atoms with van der Waals surface area (Å²) in [6, 6.07) is 5.62. The van der Waals surface area contributed by atoms with E-state index in [9.17, 15) is 8.42 Å². The van der Waals surface area contributed by atoms with Gasteiger partial charge in [-0.05, 0) is 25.0 Å². The first-order chi connectivity index (χ1) is 9.43. The summed E-state index contributed by atoms with van der Waals surface area (Å²) in [5, 5.41) is 0. The van der Waals surface area contributed by atoms with E-state index in [1.807, 2.05) is 31.0 Å². The Balaban J connectivity index is 2.16. The molecule has 0 aliphatic carbocycles. The van der Waals surface area contributed by atoms with Gasteiger partial charge in [0.25, 0.3) is 0 Å². The van der Waals surface area contributed by atoms with Gasteiger partial charge in [-0.1, -0.05) is 6.92 Å². The first kappa shape index (κ1) is 15.0. The molecule has 112 valence electrons. The molecule has 5 nitrogen and oxygen atoms in total. The highest BCUT2D eigenvalue weighted by Gasteiger charge is 2.30. The summed E-state index contributed by atoms with van der Waals surface area (Å²) in [4.78, 5) is 2.00. The predicted octanol–water partition coefficient (Wildman–Crippen LogP) is 1.68. The Hall–Kier alpha value is -1.43. The Kier molecular flexibility index (Phi) is 4.42. The monoisotopic (exact) mass is 298 g/mol. The second kappa shape index (κ2) is 5.91. The maximum Gasteiger partial charge on any atom is 0.152 e. The average Bonchev–Trinajstić information content (AvgIpc) is 2.77. The lowest BCUT2D eigenvalue weighted by molar-refractivity contribution is 0.319. The van der Waals surface area contributed by atoms with Gasteiger partial charge in [0, 0.05) is 24.8 Å². The Labute approximate surface area is 120 Å². The summed E-state index contributed by atoms with van der Waals surface area (Å²) in [6.45, 7) is 2.66. The summed E-state index contributed by atoms with van der Waals surface area (Å²) in [7, 11) is -0.961. The number of benzene rings is 1. The van der Waals surface area contributed by atoms with E-state index in [-0.39, 0.29) is 17.5 Å². The molecule has 0 radical (unpaired) electrons. The van der Waals surface area contributed by atoms with E-state index in [1.54, 1.807) is 6.07 Å². The van der Waals surface area contributed by atoms with Crippen LogP contribution in [0.3, 0.4) is 0 Å². The molecule has 1 heterocycles. The Morgan fingerprint density at radius 1 is 1.45 bits per heavy atom. The molecular formula is C14H22N2O3S. The van der Waals surface area contributed by atoms with Gasteiger partial charge >= 0.3 is 0 Å². The molecule has 2 N–H and O–H groups in total. The molecule has 1 aliphatic heterocycles. The van der Waals surface area contributed by atoms with Gasteiger partial charge in [-0.2, -0.15) is 0 Å². The summed E-state index contributed by atoms with van der Waals surface area (Å²) < 4.78 is 28.7. The quantitative estimate of drug-likeness (QED) is 0.837. The van der Waals surface area contributed by atoms with Gasteiger partial charge in [0.05, 0.1) is 23.8 Å². The fourth-order valence-electron chi connectivity index (χ4n) is 2.37. The zero-order valence-electron chi connectivity index (χ0n) is 12.0. The third-order valence-electron chi connectivity index (χ3n) is 3.62. The maximum atomic E-state index is 11.6.